The van der Waals surface area contributed by atoms with Crippen LogP contribution in [-0.2, 0) is 6.54 Å². The first-order valence-corrected chi connectivity index (χ1v) is 5.69. The minimum Gasteiger partial charge on any atom is -0.367 e. The maximum atomic E-state index is 4.39. The summed E-state index contributed by atoms with van der Waals surface area (Å²) in [4.78, 5) is 4.39. The van der Waals surface area contributed by atoms with E-state index in [4.69, 9.17) is 0 Å². The van der Waals surface area contributed by atoms with Crippen molar-refractivity contribution < 1.29 is 0 Å². The zero-order valence-corrected chi connectivity index (χ0v) is 9.46. The van der Waals surface area contributed by atoms with Gasteiger partial charge >= 0.3 is 0 Å². The molecule has 82 valence electrons. The molecule has 1 aromatic heterocycles. The molecule has 1 aliphatic rings. The Morgan fingerprint density at radius 2 is 2.20 bits per heavy atom. The van der Waals surface area contributed by atoms with E-state index < -0.39 is 0 Å². The van der Waals surface area contributed by atoms with E-state index in [2.05, 4.69) is 41.6 Å². The first kappa shape index (κ1) is 10.4. The van der Waals surface area contributed by atoms with Gasteiger partial charge in [0.15, 0.2) is 0 Å². The molecule has 0 aliphatic heterocycles. The number of anilines is 1. The lowest BCUT2D eigenvalue weighted by molar-refractivity contribution is 0.588. The second-order valence-corrected chi connectivity index (χ2v) is 4.51. The molecule has 3 nitrogen and oxygen atoms in total. The van der Waals surface area contributed by atoms with Crippen LogP contribution in [0.2, 0.25) is 0 Å². The number of nitrogens with one attached hydrogen (secondary N) is 2. The molecule has 2 N–H and O–H groups in total. The summed E-state index contributed by atoms with van der Waals surface area (Å²) in [6, 6.07) is 5.40. The lowest BCUT2D eigenvalue weighted by Crippen LogP contribution is -2.21. The Kier molecular flexibility index (Phi) is 3.21. The molecule has 0 spiro atoms. The molecule has 1 aromatic rings. The number of pyridine rings is 1. The first-order chi connectivity index (χ1) is 7.24. The van der Waals surface area contributed by atoms with Gasteiger partial charge in [0.2, 0.25) is 0 Å². The highest BCUT2D eigenvalue weighted by atomic mass is 15.0. The summed E-state index contributed by atoms with van der Waals surface area (Å²) in [5.74, 6) is 1.01. The second-order valence-electron chi connectivity index (χ2n) is 4.51. The predicted octanol–water partition coefficient (Wildman–Crippen LogP) is 2.15. The third-order valence-electron chi connectivity index (χ3n) is 2.47. The van der Waals surface area contributed by atoms with Crippen LogP contribution in [0.1, 0.15) is 32.3 Å². The van der Waals surface area contributed by atoms with Crippen molar-refractivity contribution in [2.75, 3.05) is 5.32 Å². The molecule has 0 unspecified atom stereocenters. The minimum absolute atomic E-state index is 0.522. The Bertz CT molecular complexity index is 301. The zero-order valence-electron chi connectivity index (χ0n) is 9.46. The van der Waals surface area contributed by atoms with Gasteiger partial charge in [0.05, 0.1) is 0 Å². The van der Waals surface area contributed by atoms with Crippen molar-refractivity contribution in [2.24, 2.45) is 0 Å². The molecule has 15 heavy (non-hydrogen) atoms. The molecular formula is C12H19N3. The van der Waals surface area contributed by atoms with E-state index in [1.807, 2.05) is 6.20 Å². The Morgan fingerprint density at radius 3 is 2.73 bits per heavy atom. The summed E-state index contributed by atoms with van der Waals surface area (Å²) < 4.78 is 0. The van der Waals surface area contributed by atoms with Crippen LogP contribution < -0.4 is 10.6 Å². The number of nitrogens with zero attached hydrogens (tertiary/aromatic N) is 1. The van der Waals surface area contributed by atoms with Crippen molar-refractivity contribution in [1.82, 2.24) is 10.3 Å². The van der Waals surface area contributed by atoms with Crippen LogP contribution in [0.3, 0.4) is 0 Å². The summed E-state index contributed by atoms with van der Waals surface area (Å²) in [6.45, 7) is 5.20. The van der Waals surface area contributed by atoms with E-state index in [9.17, 15) is 0 Å². The first-order valence-electron chi connectivity index (χ1n) is 5.69. The van der Waals surface area contributed by atoms with Gasteiger partial charge in [-0.1, -0.05) is 19.9 Å². The van der Waals surface area contributed by atoms with Crippen LogP contribution in [0, 0.1) is 0 Å². The van der Waals surface area contributed by atoms with E-state index in [-0.39, 0.29) is 0 Å². The molecule has 0 aromatic carbocycles. The summed E-state index contributed by atoms with van der Waals surface area (Å²) in [5.41, 5.74) is 1.24. The van der Waals surface area contributed by atoms with Crippen molar-refractivity contribution in [3.8, 4) is 0 Å². The Morgan fingerprint density at radius 1 is 1.40 bits per heavy atom. The molecule has 0 radical (unpaired) electrons. The predicted molar refractivity (Wildman–Crippen MR) is 62.9 cm³/mol. The van der Waals surface area contributed by atoms with Crippen LogP contribution in [0.15, 0.2) is 18.3 Å². The number of rotatable bonds is 5. The summed E-state index contributed by atoms with van der Waals surface area (Å²) in [5, 5.41) is 6.75. The molecule has 0 saturated heterocycles. The van der Waals surface area contributed by atoms with Gasteiger partial charge < -0.3 is 10.6 Å². The minimum atomic E-state index is 0.522. The Labute approximate surface area is 91.3 Å². The molecular weight excluding hydrogens is 186 g/mol. The van der Waals surface area contributed by atoms with Gasteiger partial charge in [-0.3, -0.25) is 0 Å². The van der Waals surface area contributed by atoms with Gasteiger partial charge in [-0.05, 0) is 24.5 Å². The maximum Gasteiger partial charge on any atom is 0.126 e. The van der Waals surface area contributed by atoms with Crippen molar-refractivity contribution in [2.45, 2.75) is 45.3 Å². The van der Waals surface area contributed by atoms with Crippen molar-refractivity contribution >= 4 is 5.82 Å². The van der Waals surface area contributed by atoms with Gasteiger partial charge in [-0.15, -0.1) is 0 Å². The summed E-state index contributed by atoms with van der Waals surface area (Å²) in [6.07, 6.45) is 4.52. The second kappa shape index (κ2) is 4.62. The molecule has 2 rings (SSSR count). The third-order valence-corrected chi connectivity index (χ3v) is 2.47. The average molecular weight is 205 g/mol. The quantitative estimate of drug-likeness (QED) is 0.773. The van der Waals surface area contributed by atoms with Crippen molar-refractivity contribution in [1.29, 1.82) is 0 Å². The average Bonchev–Trinajstić information content (AvgIpc) is 3.01. The van der Waals surface area contributed by atoms with Crippen LogP contribution in [-0.4, -0.2) is 17.1 Å². The van der Waals surface area contributed by atoms with Gasteiger partial charge in [0.1, 0.15) is 5.82 Å². The van der Waals surface area contributed by atoms with E-state index in [1.165, 1.54) is 18.4 Å². The topological polar surface area (TPSA) is 37.0 Å². The Hall–Kier alpha value is -1.09. The van der Waals surface area contributed by atoms with Gasteiger partial charge in [0.25, 0.3) is 0 Å². The van der Waals surface area contributed by atoms with E-state index in [0.29, 0.717) is 12.1 Å². The van der Waals surface area contributed by atoms with Crippen LogP contribution in [0.4, 0.5) is 5.82 Å². The lowest BCUT2D eigenvalue weighted by Gasteiger charge is -2.08. The fourth-order valence-corrected chi connectivity index (χ4v) is 1.37. The molecule has 1 saturated carbocycles. The highest BCUT2D eigenvalue weighted by Gasteiger charge is 2.20. The smallest absolute Gasteiger partial charge is 0.126 e. The third kappa shape index (κ3) is 3.51. The zero-order chi connectivity index (χ0) is 10.7. The SMILES string of the molecule is CC(C)NCc1ccc(NC2CC2)nc1. The monoisotopic (exact) mass is 205 g/mol. The number of hydrogen-bond acceptors (Lipinski definition) is 3. The van der Waals surface area contributed by atoms with Crippen LogP contribution >= 0.6 is 0 Å². The van der Waals surface area contributed by atoms with E-state index in [1.54, 1.807) is 0 Å². The molecule has 1 aliphatic carbocycles. The summed E-state index contributed by atoms with van der Waals surface area (Å²) in [7, 11) is 0. The van der Waals surface area contributed by atoms with Crippen molar-refractivity contribution in [3.63, 3.8) is 0 Å². The summed E-state index contributed by atoms with van der Waals surface area (Å²) >= 11 is 0. The van der Waals surface area contributed by atoms with E-state index in [0.717, 1.165) is 12.4 Å². The molecule has 0 atom stereocenters. The van der Waals surface area contributed by atoms with Crippen LogP contribution in [0.25, 0.3) is 0 Å². The maximum absolute atomic E-state index is 4.39. The van der Waals surface area contributed by atoms with Gasteiger partial charge in [-0.2, -0.15) is 0 Å². The van der Waals surface area contributed by atoms with Gasteiger partial charge in [0, 0.05) is 24.8 Å². The standard InChI is InChI=1S/C12H19N3/c1-9(2)13-7-10-3-6-12(14-8-10)15-11-4-5-11/h3,6,8-9,11,13H,4-5,7H2,1-2H3,(H,14,15). The lowest BCUT2D eigenvalue weighted by atomic mass is 10.2. The number of aromatic nitrogens is 1. The van der Waals surface area contributed by atoms with E-state index >= 15 is 0 Å². The molecule has 0 amide bonds. The largest absolute Gasteiger partial charge is 0.367 e. The fraction of sp³-hybridized carbons (Fsp3) is 0.583. The molecule has 0 bridgehead atoms. The van der Waals surface area contributed by atoms with Crippen LogP contribution in [0.5, 0.6) is 0 Å². The normalized spacial score (nSPS) is 15.7. The Balaban J connectivity index is 1.85. The molecule has 3 heteroatoms. The van der Waals surface area contributed by atoms with Gasteiger partial charge in [-0.25, -0.2) is 4.98 Å². The molecule has 1 heterocycles. The number of hydrogen-bond donors (Lipinski definition) is 2. The van der Waals surface area contributed by atoms with Crippen molar-refractivity contribution in [3.05, 3.63) is 23.9 Å². The highest BCUT2D eigenvalue weighted by molar-refractivity contribution is 5.37. The highest BCUT2D eigenvalue weighted by Crippen LogP contribution is 2.23. The fourth-order valence-electron chi connectivity index (χ4n) is 1.37. The molecule has 1 fully saturated rings.